The molecule has 0 radical (unpaired) electrons. The van der Waals surface area contributed by atoms with Gasteiger partial charge in [0.15, 0.2) is 16.3 Å². The number of carbonyl (C=O) groups is 1. The molecule has 1 amide bonds. The van der Waals surface area contributed by atoms with Gasteiger partial charge in [-0.15, -0.1) is 0 Å². The van der Waals surface area contributed by atoms with E-state index >= 15 is 0 Å². The van der Waals surface area contributed by atoms with Crippen molar-refractivity contribution in [3.63, 3.8) is 0 Å². The Balaban J connectivity index is 1.62. The molecule has 2 aliphatic heterocycles. The second-order valence-electron chi connectivity index (χ2n) is 6.69. The number of ether oxygens (including phenoxy) is 2. The molecule has 0 bridgehead atoms. The summed E-state index contributed by atoms with van der Waals surface area (Å²) in [5.74, 6) is 0.985. The fourth-order valence-electron chi connectivity index (χ4n) is 3.47. The van der Waals surface area contributed by atoms with Crippen molar-refractivity contribution in [2.45, 2.75) is 26.3 Å². The second kappa shape index (κ2) is 6.92. The van der Waals surface area contributed by atoms with Crippen LogP contribution in [0.1, 0.15) is 19.8 Å². The summed E-state index contributed by atoms with van der Waals surface area (Å²) >= 11 is 1.45. The molecule has 0 saturated carbocycles. The van der Waals surface area contributed by atoms with Crippen LogP contribution in [0.15, 0.2) is 17.1 Å². The maximum absolute atomic E-state index is 12.7. The normalized spacial score (nSPS) is 19.1. The van der Waals surface area contributed by atoms with E-state index in [2.05, 4.69) is 4.99 Å². The van der Waals surface area contributed by atoms with Crippen molar-refractivity contribution in [2.75, 3.05) is 26.1 Å². The number of hydrogen-bond acceptors (Lipinski definition) is 6. The van der Waals surface area contributed by atoms with Crippen LogP contribution < -0.4 is 14.3 Å². The van der Waals surface area contributed by atoms with E-state index in [1.165, 1.54) is 21.9 Å². The lowest BCUT2D eigenvalue weighted by Crippen LogP contribution is -2.39. The van der Waals surface area contributed by atoms with Crippen LogP contribution in [0.5, 0.6) is 11.5 Å². The van der Waals surface area contributed by atoms with Crippen LogP contribution in [0, 0.1) is 5.92 Å². The van der Waals surface area contributed by atoms with Gasteiger partial charge in [0, 0.05) is 37.7 Å². The number of aromatic nitrogens is 1. The molecule has 3 heterocycles. The Hall–Kier alpha value is -1.91. The zero-order valence-corrected chi connectivity index (χ0v) is 16.8. The van der Waals surface area contributed by atoms with E-state index in [1.807, 2.05) is 23.6 Å². The van der Waals surface area contributed by atoms with E-state index in [0.717, 1.165) is 10.2 Å². The molecule has 1 fully saturated rings. The maximum Gasteiger partial charge on any atom is 0.251 e. The average Bonchev–Trinajstić information content (AvgIpc) is 3.21. The number of aryl methyl sites for hydroxylation is 1. The Morgan fingerprint density at radius 2 is 1.93 bits per heavy atom. The van der Waals surface area contributed by atoms with Crippen molar-refractivity contribution >= 4 is 37.5 Å². The van der Waals surface area contributed by atoms with Crippen molar-refractivity contribution in [3.05, 3.63) is 16.9 Å². The van der Waals surface area contributed by atoms with Gasteiger partial charge < -0.3 is 14.0 Å². The van der Waals surface area contributed by atoms with E-state index in [4.69, 9.17) is 9.47 Å². The molecule has 0 aliphatic carbocycles. The number of rotatable bonds is 3. The number of amides is 1. The number of hydrogen-bond donors (Lipinski definition) is 0. The molecule has 2 aromatic rings. The van der Waals surface area contributed by atoms with Crippen molar-refractivity contribution in [1.29, 1.82) is 0 Å². The molecule has 1 saturated heterocycles. The molecule has 0 N–H and O–H groups in total. The third kappa shape index (κ3) is 3.48. The van der Waals surface area contributed by atoms with Crippen molar-refractivity contribution in [3.8, 4) is 11.5 Å². The van der Waals surface area contributed by atoms with Crippen LogP contribution in [0.4, 0.5) is 0 Å². The summed E-state index contributed by atoms with van der Waals surface area (Å²) in [4.78, 5) is 17.7. The molecule has 0 unspecified atom stereocenters. The van der Waals surface area contributed by atoms with Crippen LogP contribution in [-0.4, -0.2) is 49.3 Å². The highest BCUT2D eigenvalue weighted by Crippen LogP contribution is 2.37. The smallest absolute Gasteiger partial charge is 0.251 e. The Kier molecular flexibility index (Phi) is 4.73. The minimum absolute atomic E-state index is 0.183. The second-order valence-corrected chi connectivity index (χ2v) is 9.68. The lowest BCUT2D eigenvalue weighted by atomic mass is 9.98. The predicted octanol–water partition coefficient (Wildman–Crippen LogP) is 1.55. The van der Waals surface area contributed by atoms with E-state index in [0.29, 0.717) is 48.8 Å². The molecular weight excluding hydrogens is 390 g/mol. The lowest BCUT2D eigenvalue weighted by molar-refractivity contribution is -0.122. The summed E-state index contributed by atoms with van der Waals surface area (Å²) < 4.78 is 38.5. The Labute approximate surface area is 161 Å². The Morgan fingerprint density at radius 3 is 2.56 bits per heavy atom. The van der Waals surface area contributed by atoms with Crippen molar-refractivity contribution in [1.82, 2.24) is 8.87 Å². The number of thiazole rings is 1. The van der Waals surface area contributed by atoms with Gasteiger partial charge in [-0.3, -0.25) is 4.79 Å². The van der Waals surface area contributed by atoms with Gasteiger partial charge in [0.25, 0.3) is 5.91 Å². The van der Waals surface area contributed by atoms with E-state index in [1.54, 1.807) is 0 Å². The highest BCUT2D eigenvalue weighted by molar-refractivity contribution is 7.88. The number of sulfonamides is 1. The van der Waals surface area contributed by atoms with Gasteiger partial charge in [0.2, 0.25) is 16.8 Å². The first-order chi connectivity index (χ1) is 12.9. The van der Waals surface area contributed by atoms with Crippen LogP contribution in [-0.2, 0) is 21.4 Å². The summed E-state index contributed by atoms with van der Waals surface area (Å²) in [5, 5.41) is 0. The molecule has 2 aliphatic rings. The standard InChI is InChI=1S/C17H21N3O5S2/c1-3-20-12-8-13-14(25-10-24-13)9-15(12)26-17(20)18-16(21)11-4-6-19(7-5-11)27(2,22)23/h8-9,11H,3-7,10H2,1-2H3. The van der Waals surface area contributed by atoms with Gasteiger partial charge in [-0.05, 0) is 19.8 Å². The zero-order chi connectivity index (χ0) is 19.2. The molecule has 0 atom stereocenters. The number of benzene rings is 1. The molecule has 146 valence electrons. The number of piperidine rings is 1. The Morgan fingerprint density at radius 1 is 1.26 bits per heavy atom. The Bertz CT molecular complexity index is 1060. The largest absolute Gasteiger partial charge is 0.454 e. The fraction of sp³-hybridized carbons (Fsp3) is 0.529. The van der Waals surface area contributed by atoms with Crippen LogP contribution in [0.2, 0.25) is 0 Å². The van der Waals surface area contributed by atoms with Gasteiger partial charge in [-0.1, -0.05) is 11.3 Å². The molecule has 27 heavy (non-hydrogen) atoms. The first kappa shape index (κ1) is 18.5. The molecular formula is C17H21N3O5S2. The lowest BCUT2D eigenvalue weighted by Gasteiger charge is -2.28. The summed E-state index contributed by atoms with van der Waals surface area (Å²) in [6, 6.07) is 3.84. The van der Waals surface area contributed by atoms with Gasteiger partial charge in [-0.2, -0.15) is 4.99 Å². The quantitative estimate of drug-likeness (QED) is 0.764. The highest BCUT2D eigenvalue weighted by Gasteiger charge is 2.29. The molecule has 10 heteroatoms. The fourth-order valence-corrected chi connectivity index (χ4v) is 5.45. The first-order valence-electron chi connectivity index (χ1n) is 8.83. The molecule has 4 rings (SSSR count). The van der Waals surface area contributed by atoms with Crippen molar-refractivity contribution < 1.29 is 22.7 Å². The summed E-state index contributed by atoms with van der Waals surface area (Å²) in [6.45, 7) is 3.64. The van der Waals surface area contributed by atoms with Gasteiger partial charge in [0.1, 0.15) is 0 Å². The van der Waals surface area contributed by atoms with E-state index in [-0.39, 0.29) is 18.6 Å². The number of carbonyl (C=O) groups excluding carboxylic acids is 1. The zero-order valence-electron chi connectivity index (χ0n) is 15.2. The summed E-state index contributed by atoms with van der Waals surface area (Å²) in [5.41, 5.74) is 0.963. The topological polar surface area (TPSA) is 90.2 Å². The number of nitrogens with zero attached hydrogens (tertiary/aromatic N) is 3. The van der Waals surface area contributed by atoms with E-state index in [9.17, 15) is 13.2 Å². The SMILES string of the molecule is CCn1c(=NC(=O)C2CCN(S(C)(=O)=O)CC2)sc2cc3c(cc21)OCO3. The minimum atomic E-state index is -3.20. The number of fused-ring (bicyclic) bond motifs is 2. The highest BCUT2D eigenvalue weighted by atomic mass is 32.2. The van der Waals surface area contributed by atoms with E-state index < -0.39 is 10.0 Å². The molecule has 8 nitrogen and oxygen atoms in total. The summed E-state index contributed by atoms with van der Waals surface area (Å²) in [7, 11) is -3.20. The molecule has 1 aromatic carbocycles. The molecule has 0 spiro atoms. The average molecular weight is 412 g/mol. The van der Waals surface area contributed by atoms with Crippen LogP contribution in [0.25, 0.3) is 10.2 Å². The van der Waals surface area contributed by atoms with Gasteiger partial charge in [0.05, 0.1) is 16.5 Å². The third-order valence-electron chi connectivity index (χ3n) is 4.97. The summed E-state index contributed by atoms with van der Waals surface area (Å²) in [6.07, 6.45) is 2.20. The molecule has 1 aromatic heterocycles. The van der Waals surface area contributed by atoms with Crippen molar-refractivity contribution in [2.24, 2.45) is 10.9 Å². The minimum Gasteiger partial charge on any atom is -0.454 e. The monoisotopic (exact) mass is 411 g/mol. The van der Waals surface area contributed by atoms with Crippen LogP contribution in [0.3, 0.4) is 0 Å². The van der Waals surface area contributed by atoms with Gasteiger partial charge >= 0.3 is 0 Å². The third-order valence-corrected chi connectivity index (χ3v) is 7.32. The maximum atomic E-state index is 12.7. The van der Waals surface area contributed by atoms with Gasteiger partial charge in [-0.25, -0.2) is 12.7 Å². The van der Waals surface area contributed by atoms with Crippen LogP contribution >= 0.6 is 11.3 Å². The predicted molar refractivity (Wildman–Crippen MR) is 101 cm³/mol. The first-order valence-corrected chi connectivity index (χ1v) is 11.5.